The zero-order chi connectivity index (χ0) is 17.2. The molecule has 2 aromatic carbocycles. The first-order chi connectivity index (χ1) is 11.5. The van der Waals surface area contributed by atoms with Crippen LogP contribution in [-0.2, 0) is 10.0 Å². The Morgan fingerprint density at radius 3 is 2.33 bits per heavy atom. The maximum absolute atomic E-state index is 12.5. The van der Waals surface area contributed by atoms with Gasteiger partial charge in [-0.25, -0.2) is 8.42 Å². The molecule has 2 aromatic rings. The lowest BCUT2D eigenvalue weighted by atomic mass is 10.2. The molecule has 1 aliphatic rings. The van der Waals surface area contributed by atoms with Crippen molar-refractivity contribution in [3.05, 3.63) is 58.6 Å². The predicted octanol–water partition coefficient (Wildman–Crippen LogP) is 3.49. The van der Waals surface area contributed by atoms with E-state index in [0.717, 1.165) is 17.3 Å². The average Bonchev–Trinajstić information content (AvgIpc) is 3.10. The summed E-state index contributed by atoms with van der Waals surface area (Å²) in [5, 5.41) is 2.77. The van der Waals surface area contributed by atoms with Crippen molar-refractivity contribution in [1.82, 2.24) is 4.31 Å². The van der Waals surface area contributed by atoms with E-state index in [0.29, 0.717) is 24.3 Å². The highest BCUT2D eigenvalue weighted by molar-refractivity contribution is 9.10. The number of benzene rings is 2. The monoisotopic (exact) mass is 408 g/mol. The highest BCUT2D eigenvalue weighted by Crippen LogP contribution is 2.22. The molecule has 3 rings (SSSR count). The van der Waals surface area contributed by atoms with Crippen LogP contribution in [0.3, 0.4) is 0 Å². The van der Waals surface area contributed by atoms with Gasteiger partial charge in [0.05, 0.1) is 4.90 Å². The van der Waals surface area contributed by atoms with Crippen LogP contribution in [0, 0.1) is 0 Å². The summed E-state index contributed by atoms with van der Waals surface area (Å²) in [4.78, 5) is 12.5. The molecule has 0 radical (unpaired) electrons. The van der Waals surface area contributed by atoms with Crippen LogP contribution in [0.25, 0.3) is 0 Å². The molecule has 0 spiro atoms. The van der Waals surface area contributed by atoms with Gasteiger partial charge in [-0.2, -0.15) is 4.31 Å². The van der Waals surface area contributed by atoms with Crippen LogP contribution in [0.2, 0.25) is 0 Å². The van der Waals surface area contributed by atoms with Gasteiger partial charge in [-0.15, -0.1) is 0 Å². The minimum absolute atomic E-state index is 0.244. The van der Waals surface area contributed by atoms with Crippen molar-refractivity contribution in [2.45, 2.75) is 17.7 Å². The number of halogens is 1. The zero-order valence-electron chi connectivity index (χ0n) is 12.9. The molecule has 1 aliphatic heterocycles. The molecule has 0 aromatic heterocycles. The van der Waals surface area contributed by atoms with Gasteiger partial charge in [0.2, 0.25) is 10.0 Å². The first-order valence-corrected chi connectivity index (χ1v) is 9.87. The van der Waals surface area contributed by atoms with E-state index < -0.39 is 10.0 Å². The number of nitrogens with zero attached hydrogens (tertiary/aromatic N) is 1. The molecule has 1 saturated heterocycles. The number of carbonyl (C=O) groups is 1. The second-order valence-corrected chi connectivity index (χ2v) is 8.45. The molecule has 0 saturated carbocycles. The largest absolute Gasteiger partial charge is 0.322 e. The third-order valence-electron chi connectivity index (χ3n) is 3.90. The smallest absolute Gasteiger partial charge is 0.255 e. The molecule has 24 heavy (non-hydrogen) atoms. The van der Waals surface area contributed by atoms with Crippen molar-refractivity contribution < 1.29 is 13.2 Å². The van der Waals surface area contributed by atoms with Gasteiger partial charge in [-0.3, -0.25) is 4.79 Å². The minimum Gasteiger partial charge on any atom is -0.322 e. The van der Waals surface area contributed by atoms with Crippen LogP contribution in [0.4, 0.5) is 5.69 Å². The topological polar surface area (TPSA) is 66.5 Å². The number of hydrogen-bond donors (Lipinski definition) is 1. The van der Waals surface area contributed by atoms with Gasteiger partial charge in [0.25, 0.3) is 5.91 Å². The van der Waals surface area contributed by atoms with Crippen LogP contribution in [0.1, 0.15) is 23.2 Å². The van der Waals surface area contributed by atoms with Crippen LogP contribution in [0.15, 0.2) is 57.9 Å². The molecule has 0 unspecified atom stereocenters. The van der Waals surface area contributed by atoms with E-state index >= 15 is 0 Å². The van der Waals surface area contributed by atoms with E-state index in [-0.39, 0.29) is 10.8 Å². The average molecular weight is 409 g/mol. The lowest BCUT2D eigenvalue weighted by molar-refractivity contribution is 0.102. The Morgan fingerprint density at radius 2 is 1.71 bits per heavy atom. The van der Waals surface area contributed by atoms with Gasteiger partial charge in [0.1, 0.15) is 0 Å². The number of hydrogen-bond acceptors (Lipinski definition) is 3. The fourth-order valence-corrected chi connectivity index (χ4v) is 4.54. The summed E-state index contributed by atoms with van der Waals surface area (Å²) in [5.74, 6) is -0.244. The van der Waals surface area contributed by atoms with Crippen LogP contribution in [-0.4, -0.2) is 31.7 Å². The van der Waals surface area contributed by atoms with Crippen LogP contribution < -0.4 is 5.32 Å². The standard InChI is InChI=1S/C17H17BrN2O3S/c18-14-5-3-4-13(12-14)17(21)19-15-6-8-16(9-7-15)24(22,23)20-10-1-2-11-20/h3-9,12H,1-2,10-11H2,(H,19,21). The van der Waals surface area contributed by atoms with E-state index in [1.807, 2.05) is 6.07 Å². The Labute approximate surface area is 149 Å². The lowest BCUT2D eigenvalue weighted by Gasteiger charge is -2.15. The third kappa shape index (κ3) is 3.68. The molecule has 7 heteroatoms. The van der Waals surface area contributed by atoms with Crippen molar-refractivity contribution in [1.29, 1.82) is 0 Å². The lowest BCUT2D eigenvalue weighted by Crippen LogP contribution is -2.27. The first-order valence-electron chi connectivity index (χ1n) is 7.64. The maximum atomic E-state index is 12.5. The molecule has 126 valence electrons. The Bertz CT molecular complexity index is 844. The summed E-state index contributed by atoms with van der Waals surface area (Å²) in [7, 11) is -3.43. The second-order valence-electron chi connectivity index (χ2n) is 5.60. The fourth-order valence-electron chi connectivity index (χ4n) is 2.62. The molecule has 1 fully saturated rings. The van der Waals surface area contributed by atoms with E-state index in [1.165, 1.54) is 16.4 Å². The van der Waals surface area contributed by atoms with Crippen LogP contribution >= 0.6 is 15.9 Å². The predicted molar refractivity (Wildman–Crippen MR) is 96.5 cm³/mol. The molecule has 1 heterocycles. The van der Waals surface area contributed by atoms with Gasteiger partial charge in [-0.1, -0.05) is 22.0 Å². The summed E-state index contributed by atoms with van der Waals surface area (Å²) >= 11 is 3.33. The molecule has 0 aliphatic carbocycles. The van der Waals surface area contributed by atoms with Gasteiger partial charge in [-0.05, 0) is 55.3 Å². The van der Waals surface area contributed by atoms with Gasteiger partial charge in [0, 0.05) is 28.8 Å². The van der Waals surface area contributed by atoms with Crippen molar-refractivity contribution in [3.8, 4) is 0 Å². The number of carbonyl (C=O) groups excluding carboxylic acids is 1. The number of nitrogens with one attached hydrogen (secondary N) is 1. The SMILES string of the molecule is O=C(Nc1ccc(S(=O)(=O)N2CCCC2)cc1)c1cccc(Br)c1. The highest BCUT2D eigenvalue weighted by Gasteiger charge is 2.26. The molecule has 1 N–H and O–H groups in total. The molecule has 0 bridgehead atoms. The van der Waals surface area contributed by atoms with E-state index in [9.17, 15) is 13.2 Å². The highest BCUT2D eigenvalue weighted by atomic mass is 79.9. The quantitative estimate of drug-likeness (QED) is 0.841. The van der Waals surface area contributed by atoms with E-state index in [4.69, 9.17) is 0 Å². The minimum atomic E-state index is -3.43. The van der Waals surface area contributed by atoms with Crippen molar-refractivity contribution in [2.75, 3.05) is 18.4 Å². The normalized spacial score (nSPS) is 15.4. The fraction of sp³-hybridized carbons (Fsp3) is 0.235. The number of sulfonamides is 1. The summed E-state index contributed by atoms with van der Waals surface area (Å²) < 4.78 is 27.2. The van der Waals surface area contributed by atoms with Crippen molar-refractivity contribution >= 4 is 37.5 Å². The summed E-state index contributed by atoms with van der Waals surface area (Å²) in [6.45, 7) is 1.15. The molecule has 5 nitrogen and oxygen atoms in total. The Morgan fingerprint density at radius 1 is 1.04 bits per heavy atom. The van der Waals surface area contributed by atoms with Crippen molar-refractivity contribution in [3.63, 3.8) is 0 Å². The summed E-state index contributed by atoms with van der Waals surface area (Å²) in [6.07, 6.45) is 1.81. The Hall–Kier alpha value is -1.70. The Balaban J connectivity index is 1.74. The zero-order valence-corrected chi connectivity index (χ0v) is 15.3. The molecule has 0 atom stereocenters. The van der Waals surface area contributed by atoms with Gasteiger partial charge in [0.15, 0.2) is 0 Å². The maximum Gasteiger partial charge on any atom is 0.255 e. The summed E-state index contributed by atoms with van der Waals surface area (Å²) in [5.41, 5.74) is 1.08. The van der Waals surface area contributed by atoms with Gasteiger partial charge >= 0.3 is 0 Å². The van der Waals surface area contributed by atoms with Gasteiger partial charge < -0.3 is 5.32 Å². The third-order valence-corrected chi connectivity index (χ3v) is 6.31. The Kier molecular flexibility index (Phi) is 5.03. The van der Waals surface area contributed by atoms with E-state index in [1.54, 1.807) is 30.3 Å². The second kappa shape index (κ2) is 7.04. The first kappa shape index (κ1) is 17.1. The van der Waals surface area contributed by atoms with E-state index in [2.05, 4.69) is 21.2 Å². The molecule has 1 amide bonds. The number of amides is 1. The number of anilines is 1. The summed E-state index contributed by atoms with van der Waals surface area (Å²) in [6, 6.07) is 13.3. The van der Waals surface area contributed by atoms with Crippen molar-refractivity contribution in [2.24, 2.45) is 0 Å². The molecular formula is C17H17BrN2O3S. The number of rotatable bonds is 4. The molecular weight excluding hydrogens is 392 g/mol. The van der Waals surface area contributed by atoms with Crippen LogP contribution in [0.5, 0.6) is 0 Å².